The smallest absolute Gasteiger partial charge is 0.272 e. The third kappa shape index (κ3) is 3.50. The number of pyridine rings is 1. The van der Waals surface area contributed by atoms with E-state index in [0.29, 0.717) is 5.56 Å². The summed E-state index contributed by atoms with van der Waals surface area (Å²) < 4.78 is 15.1. The number of halogens is 1. The molecule has 25 heavy (non-hydrogen) atoms. The molecule has 0 radical (unpaired) electrons. The van der Waals surface area contributed by atoms with Crippen molar-refractivity contribution in [3.05, 3.63) is 81.3 Å². The minimum Gasteiger partial charge on any atom is -0.346 e. The fourth-order valence-corrected chi connectivity index (χ4v) is 2.58. The summed E-state index contributed by atoms with van der Waals surface area (Å²) in [7, 11) is 0. The van der Waals surface area contributed by atoms with Crippen LogP contribution in [0.15, 0.2) is 47.4 Å². The lowest BCUT2D eigenvalue weighted by Gasteiger charge is -2.07. The zero-order valence-electron chi connectivity index (χ0n) is 13.8. The molecule has 3 aromatic rings. The number of aromatic nitrogens is 3. The third-order valence-electron chi connectivity index (χ3n) is 3.84. The van der Waals surface area contributed by atoms with Crippen LogP contribution in [0, 0.1) is 19.7 Å². The third-order valence-corrected chi connectivity index (χ3v) is 3.84. The van der Waals surface area contributed by atoms with Crippen LogP contribution in [-0.2, 0) is 6.54 Å². The Morgan fingerprint density at radius 3 is 2.76 bits per heavy atom. The van der Waals surface area contributed by atoms with E-state index in [1.54, 1.807) is 25.1 Å². The number of hydrogen-bond donors (Lipinski definition) is 2. The SMILES string of the molecule is Cc1cc(C)c(CNC(=O)c2ccn(-c3ccccc3F)n2)c(=O)[nH]1. The molecule has 2 N–H and O–H groups in total. The maximum Gasteiger partial charge on any atom is 0.272 e. The van der Waals surface area contributed by atoms with Crippen LogP contribution >= 0.6 is 0 Å². The number of amides is 1. The number of aryl methyl sites for hydroxylation is 2. The molecule has 0 unspecified atom stereocenters. The first kappa shape index (κ1) is 16.6. The summed E-state index contributed by atoms with van der Waals surface area (Å²) in [5, 5.41) is 6.76. The van der Waals surface area contributed by atoms with E-state index in [0.717, 1.165) is 11.3 Å². The Bertz CT molecular complexity index is 991. The van der Waals surface area contributed by atoms with Gasteiger partial charge in [0.1, 0.15) is 11.5 Å². The molecule has 0 fully saturated rings. The monoisotopic (exact) mass is 340 g/mol. The van der Waals surface area contributed by atoms with Crippen molar-refractivity contribution in [1.82, 2.24) is 20.1 Å². The van der Waals surface area contributed by atoms with Gasteiger partial charge in [-0.05, 0) is 43.7 Å². The minimum atomic E-state index is -0.436. The molecule has 2 aromatic heterocycles. The van der Waals surface area contributed by atoms with Crippen LogP contribution in [-0.4, -0.2) is 20.7 Å². The second-order valence-corrected chi connectivity index (χ2v) is 5.72. The van der Waals surface area contributed by atoms with E-state index in [2.05, 4.69) is 15.4 Å². The van der Waals surface area contributed by atoms with Crippen LogP contribution in [0.3, 0.4) is 0 Å². The first-order valence-electron chi connectivity index (χ1n) is 7.74. The van der Waals surface area contributed by atoms with Gasteiger partial charge in [-0.25, -0.2) is 9.07 Å². The van der Waals surface area contributed by atoms with E-state index in [-0.39, 0.29) is 23.5 Å². The second kappa shape index (κ2) is 6.72. The molecule has 0 saturated heterocycles. The number of para-hydroxylation sites is 1. The fraction of sp³-hybridized carbons (Fsp3) is 0.167. The molecule has 1 aromatic carbocycles. The van der Waals surface area contributed by atoms with Crippen molar-refractivity contribution in [1.29, 1.82) is 0 Å². The molecule has 7 heteroatoms. The van der Waals surface area contributed by atoms with E-state index < -0.39 is 11.7 Å². The summed E-state index contributed by atoms with van der Waals surface area (Å²) in [6.45, 7) is 3.70. The Kier molecular flexibility index (Phi) is 4.47. The Balaban J connectivity index is 1.75. The number of H-pyrrole nitrogens is 1. The lowest BCUT2D eigenvalue weighted by atomic mass is 10.1. The number of aromatic amines is 1. The summed E-state index contributed by atoms with van der Waals surface area (Å²) in [5.74, 6) is -0.867. The molecule has 128 valence electrons. The van der Waals surface area contributed by atoms with Crippen LogP contribution < -0.4 is 10.9 Å². The molecule has 0 aliphatic carbocycles. The van der Waals surface area contributed by atoms with Crippen molar-refractivity contribution >= 4 is 5.91 Å². The van der Waals surface area contributed by atoms with Crippen LogP contribution in [0.25, 0.3) is 5.69 Å². The molecule has 0 aliphatic rings. The van der Waals surface area contributed by atoms with E-state index in [1.165, 1.54) is 23.0 Å². The van der Waals surface area contributed by atoms with E-state index >= 15 is 0 Å². The minimum absolute atomic E-state index is 0.0901. The Morgan fingerprint density at radius 1 is 1.28 bits per heavy atom. The number of hydrogen-bond acceptors (Lipinski definition) is 3. The van der Waals surface area contributed by atoms with E-state index in [9.17, 15) is 14.0 Å². The molecule has 0 spiro atoms. The lowest BCUT2D eigenvalue weighted by Crippen LogP contribution is -2.28. The molecular weight excluding hydrogens is 323 g/mol. The summed E-state index contributed by atoms with van der Waals surface area (Å²) in [4.78, 5) is 26.9. The van der Waals surface area contributed by atoms with Crippen LogP contribution in [0.5, 0.6) is 0 Å². The van der Waals surface area contributed by atoms with Crippen molar-refractivity contribution < 1.29 is 9.18 Å². The molecule has 6 nitrogen and oxygen atoms in total. The van der Waals surface area contributed by atoms with Crippen molar-refractivity contribution in [2.75, 3.05) is 0 Å². The first-order chi connectivity index (χ1) is 12.0. The Hall–Kier alpha value is -3.22. The zero-order chi connectivity index (χ0) is 18.0. The molecule has 2 heterocycles. The first-order valence-corrected chi connectivity index (χ1v) is 7.74. The number of benzene rings is 1. The molecular formula is C18H17FN4O2. The van der Waals surface area contributed by atoms with Gasteiger partial charge in [-0.2, -0.15) is 5.10 Å². The van der Waals surface area contributed by atoms with Gasteiger partial charge in [0.25, 0.3) is 11.5 Å². The van der Waals surface area contributed by atoms with Gasteiger partial charge in [0.05, 0.1) is 0 Å². The van der Waals surface area contributed by atoms with Crippen molar-refractivity contribution in [3.8, 4) is 5.69 Å². The van der Waals surface area contributed by atoms with Gasteiger partial charge >= 0.3 is 0 Å². The van der Waals surface area contributed by atoms with Crippen LogP contribution in [0.2, 0.25) is 0 Å². The number of nitrogens with one attached hydrogen (secondary N) is 2. The average Bonchev–Trinajstić information content (AvgIpc) is 3.04. The molecule has 0 aliphatic heterocycles. The number of rotatable bonds is 4. The molecule has 3 rings (SSSR count). The maximum absolute atomic E-state index is 13.8. The van der Waals surface area contributed by atoms with Gasteiger partial charge in [-0.1, -0.05) is 12.1 Å². The van der Waals surface area contributed by atoms with Crippen LogP contribution in [0.4, 0.5) is 4.39 Å². The maximum atomic E-state index is 13.8. The number of nitrogens with zero attached hydrogens (tertiary/aromatic N) is 2. The van der Waals surface area contributed by atoms with Gasteiger partial charge in [0.15, 0.2) is 5.69 Å². The van der Waals surface area contributed by atoms with Gasteiger partial charge in [0.2, 0.25) is 0 Å². The largest absolute Gasteiger partial charge is 0.346 e. The highest BCUT2D eigenvalue weighted by Gasteiger charge is 2.13. The predicted octanol–water partition coefficient (Wildman–Crippen LogP) is 2.25. The molecule has 0 atom stereocenters. The van der Waals surface area contributed by atoms with Crippen LogP contribution in [0.1, 0.15) is 27.3 Å². The normalized spacial score (nSPS) is 10.7. The van der Waals surface area contributed by atoms with Gasteiger partial charge in [-0.15, -0.1) is 0 Å². The highest BCUT2D eigenvalue weighted by Crippen LogP contribution is 2.12. The quantitative estimate of drug-likeness (QED) is 0.764. The number of carbonyl (C=O) groups excluding carboxylic acids is 1. The van der Waals surface area contributed by atoms with Crippen molar-refractivity contribution in [3.63, 3.8) is 0 Å². The second-order valence-electron chi connectivity index (χ2n) is 5.72. The summed E-state index contributed by atoms with van der Waals surface area (Å²) in [6, 6.07) is 9.50. The summed E-state index contributed by atoms with van der Waals surface area (Å²) in [5.41, 5.74) is 2.23. The van der Waals surface area contributed by atoms with E-state index in [1.807, 2.05) is 13.0 Å². The van der Waals surface area contributed by atoms with Crippen molar-refractivity contribution in [2.45, 2.75) is 20.4 Å². The van der Waals surface area contributed by atoms with Gasteiger partial charge in [0, 0.05) is 24.0 Å². The molecule has 0 bridgehead atoms. The van der Waals surface area contributed by atoms with Gasteiger partial charge in [-0.3, -0.25) is 9.59 Å². The van der Waals surface area contributed by atoms with E-state index in [4.69, 9.17) is 0 Å². The summed E-state index contributed by atoms with van der Waals surface area (Å²) in [6.07, 6.45) is 1.51. The highest BCUT2D eigenvalue weighted by atomic mass is 19.1. The predicted molar refractivity (Wildman–Crippen MR) is 91.2 cm³/mol. The lowest BCUT2D eigenvalue weighted by molar-refractivity contribution is 0.0945. The summed E-state index contributed by atoms with van der Waals surface area (Å²) >= 11 is 0. The average molecular weight is 340 g/mol. The Morgan fingerprint density at radius 2 is 2.04 bits per heavy atom. The standard InChI is InChI=1S/C18H17FN4O2/c1-11-9-12(2)21-17(24)13(11)10-20-18(25)15-7-8-23(22-15)16-6-4-3-5-14(16)19/h3-9H,10H2,1-2H3,(H,20,25)(H,21,24). The van der Waals surface area contributed by atoms with Gasteiger partial charge < -0.3 is 10.3 Å². The highest BCUT2D eigenvalue weighted by molar-refractivity contribution is 5.92. The van der Waals surface area contributed by atoms with Crippen molar-refractivity contribution in [2.24, 2.45) is 0 Å². The fourth-order valence-electron chi connectivity index (χ4n) is 2.58. The topological polar surface area (TPSA) is 79.8 Å². The molecule has 0 saturated carbocycles. The zero-order valence-corrected chi connectivity index (χ0v) is 13.8. The Labute approximate surface area is 143 Å². The number of carbonyl (C=O) groups is 1. The molecule has 1 amide bonds.